The number of rotatable bonds is 6. The Bertz CT molecular complexity index is 1370. The summed E-state index contributed by atoms with van der Waals surface area (Å²) in [4.78, 5) is 33.9. The van der Waals surface area contributed by atoms with Gasteiger partial charge in [-0.2, -0.15) is 0 Å². The van der Waals surface area contributed by atoms with Crippen LogP contribution in [-0.4, -0.2) is 21.9 Å². The molecule has 5 rings (SSSR count). The minimum absolute atomic E-state index is 0.0864. The monoisotopic (exact) mass is 477 g/mol. The molecule has 3 aromatic carbocycles. The molecule has 2 atom stereocenters. The zero-order valence-electron chi connectivity index (χ0n) is 20.0. The summed E-state index contributed by atoms with van der Waals surface area (Å²) in [7, 11) is 0. The first kappa shape index (κ1) is 23.5. The number of nitrogens with zero attached hydrogens (tertiary/aromatic N) is 2. The molecule has 0 aliphatic carbocycles. The maximum absolute atomic E-state index is 13.9. The van der Waals surface area contributed by atoms with E-state index in [-0.39, 0.29) is 18.4 Å². The minimum Gasteiger partial charge on any atom is -0.392 e. The summed E-state index contributed by atoms with van der Waals surface area (Å²) in [5.41, 5.74) is 4.69. The molecule has 0 saturated heterocycles. The van der Waals surface area contributed by atoms with Crippen molar-refractivity contribution < 1.29 is 14.7 Å². The van der Waals surface area contributed by atoms with Crippen molar-refractivity contribution in [3.63, 3.8) is 0 Å². The van der Waals surface area contributed by atoms with E-state index in [1.165, 1.54) is 0 Å². The third kappa shape index (κ3) is 4.51. The standard InChI is InChI=1S/C30H27N3O3/c1-20-11-16-26(31-17-20)33-28(23-14-12-22(19-34)13-15-23)27(24-9-5-6-10-25(24)30(33)36)29(35)32-18-21-7-3-2-4-8-21/h2-17,27-28,34H,18-19H2,1H3,(H,32,35)/t27-,28+/m1/s1. The molecule has 2 amide bonds. The number of hydrogen-bond acceptors (Lipinski definition) is 4. The van der Waals surface area contributed by atoms with Crippen LogP contribution in [-0.2, 0) is 17.9 Å². The Kier molecular flexibility index (Phi) is 6.60. The van der Waals surface area contributed by atoms with Crippen LogP contribution in [0.3, 0.4) is 0 Å². The molecule has 6 nitrogen and oxygen atoms in total. The third-order valence-electron chi connectivity index (χ3n) is 6.58. The second-order valence-electron chi connectivity index (χ2n) is 8.98. The molecule has 0 radical (unpaired) electrons. The van der Waals surface area contributed by atoms with E-state index in [0.29, 0.717) is 23.5 Å². The molecule has 0 saturated carbocycles. The second-order valence-corrected chi connectivity index (χ2v) is 8.98. The number of nitrogens with one attached hydrogen (secondary N) is 1. The van der Waals surface area contributed by atoms with Crippen molar-refractivity contribution in [1.82, 2.24) is 10.3 Å². The van der Waals surface area contributed by atoms with E-state index in [0.717, 1.165) is 22.3 Å². The van der Waals surface area contributed by atoms with Gasteiger partial charge in [0.25, 0.3) is 5.91 Å². The van der Waals surface area contributed by atoms with Crippen molar-refractivity contribution in [2.45, 2.75) is 32.0 Å². The average Bonchev–Trinajstić information content (AvgIpc) is 2.93. The van der Waals surface area contributed by atoms with Gasteiger partial charge >= 0.3 is 0 Å². The molecule has 1 aliphatic rings. The Labute approximate surface area is 210 Å². The average molecular weight is 478 g/mol. The molecule has 1 aliphatic heterocycles. The normalized spacial score (nSPS) is 16.9. The van der Waals surface area contributed by atoms with Gasteiger partial charge in [-0.15, -0.1) is 0 Å². The molecule has 180 valence electrons. The number of aromatic nitrogens is 1. The van der Waals surface area contributed by atoms with Gasteiger partial charge in [-0.25, -0.2) is 4.98 Å². The summed E-state index contributed by atoms with van der Waals surface area (Å²) in [6, 6.07) is 27.5. The number of carbonyl (C=O) groups is 2. The Morgan fingerprint density at radius 1 is 0.917 bits per heavy atom. The van der Waals surface area contributed by atoms with Crippen LogP contribution in [0.1, 0.15) is 50.1 Å². The van der Waals surface area contributed by atoms with Crippen LogP contribution in [0, 0.1) is 6.92 Å². The molecular formula is C30H27N3O3. The lowest BCUT2D eigenvalue weighted by atomic mass is 9.79. The molecule has 4 aromatic rings. The predicted octanol–water partition coefficient (Wildman–Crippen LogP) is 4.68. The van der Waals surface area contributed by atoms with Gasteiger partial charge in [0.2, 0.25) is 5.91 Å². The Hall–Kier alpha value is -4.29. The first-order chi connectivity index (χ1) is 17.6. The minimum atomic E-state index is -0.661. The van der Waals surface area contributed by atoms with Crippen LogP contribution >= 0.6 is 0 Å². The SMILES string of the molecule is Cc1ccc(N2C(=O)c3ccccc3[C@@H](C(=O)NCc3ccccc3)[C@@H]2c2ccc(CO)cc2)nc1. The number of aliphatic hydroxyl groups is 1. The fourth-order valence-corrected chi connectivity index (χ4v) is 4.73. The van der Waals surface area contributed by atoms with Crippen LogP contribution in [0.25, 0.3) is 0 Å². The van der Waals surface area contributed by atoms with Gasteiger partial charge < -0.3 is 10.4 Å². The number of aliphatic hydroxyl groups excluding tert-OH is 1. The van der Waals surface area contributed by atoms with Crippen molar-refractivity contribution in [2.75, 3.05) is 4.90 Å². The quantitative estimate of drug-likeness (QED) is 0.422. The third-order valence-corrected chi connectivity index (χ3v) is 6.58. The van der Waals surface area contributed by atoms with Crippen molar-refractivity contribution in [3.05, 3.63) is 131 Å². The van der Waals surface area contributed by atoms with Crippen molar-refractivity contribution in [3.8, 4) is 0 Å². The van der Waals surface area contributed by atoms with Crippen LogP contribution in [0.15, 0.2) is 97.2 Å². The summed E-state index contributed by atoms with van der Waals surface area (Å²) >= 11 is 0. The lowest BCUT2D eigenvalue weighted by Crippen LogP contribution is -2.47. The van der Waals surface area contributed by atoms with E-state index in [4.69, 9.17) is 0 Å². The first-order valence-electron chi connectivity index (χ1n) is 11.9. The van der Waals surface area contributed by atoms with E-state index in [1.807, 2.05) is 91.9 Å². The second kappa shape index (κ2) is 10.1. The maximum Gasteiger partial charge on any atom is 0.260 e. The van der Waals surface area contributed by atoms with Gasteiger partial charge in [0.1, 0.15) is 5.82 Å². The van der Waals surface area contributed by atoms with E-state index in [1.54, 1.807) is 17.2 Å². The van der Waals surface area contributed by atoms with Crippen LogP contribution < -0.4 is 10.2 Å². The smallest absolute Gasteiger partial charge is 0.260 e. The van der Waals surface area contributed by atoms with E-state index in [9.17, 15) is 14.7 Å². The molecule has 0 unspecified atom stereocenters. The summed E-state index contributed by atoms with van der Waals surface area (Å²) in [6.45, 7) is 2.23. The number of amides is 2. The highest BCUT2D eigenvalue weighted by atomic mass is 16.3. The van der Waals surface area contributed by atoms with Crippen LogP contribution in [0.5, 0.6) is 0 Å². The molecule has 2 heterocycles. The van der Waals surface area contributed by atoms with Crippen molar-refractivity contribution >= 4 is 17.6 Å². The number of fused-ring (bicyclic) bond motifs is 1. The van der Waals surface area contributed by atoms with Crippen molar-refractivity contribution in [2.24, 2.45) is 0 Å². The van der Waals surface area contributed by atoms with Crippen molar-refractivity contribution in [1.29, 1.82) is 0 Å². The predicted molar refractivity (Wildman–Crippen MR) is 138 cm³/mol. The molecule has 0 bridgehead atoms. The van der Waals surface area contributed by atoms with Crippen LogP contribution in [0.4, 0.5) is 5.82 Å². The van der Waals surface area contributed by atoms with Gasteiger partial charge in [-0.1, -0.05) is 78.9 Å². The fraction of sp³-hybridized carbons (Fsp3) is 0.167. The highest BCUT2D eigenvalue weighted by Gasteiger charge is 2.45. The van der Waals surface area contributed by atoms with E-state index in [2.05, 4.69) is 10.3 Å². The summed E-state index contributed by atoms with van der Waals surface area (Å²) in [5.74, 6) is -0.555. The summed E-state index contributed by atoms with van der Waals surface area (Å²) in [5, 5.41) is 12.6. The Morgan fingerprint density at radius 3 is 2.33 bits per heavy atom. The lowest BCUT2D eigenvalue weighted by molar-refractivity contribution is -0.123. The first-order valence-corrected chi connectivity index (χ1v) is 11.9. The highest BCUT2D eigenvalue weighted by Crippen LogP contribution is 2.44. The lowest BCUT2D eigenvalue weighted by Gasteiger charge is -2.41. The van der Waals surface area contributed by atoms with Crippen LogP contribution in [0.2, 0.25) is 0 Å². The Morgan fingerprint density at radius 2 is 1.64 bits per heavy atom. The topological polar surface area (TPSA) is 82.5 Å². The molecule has 6 heteroatoms. The van der Waals surface area contributed by atoms with Gasteiger partial charge in [-0.3, -0.25) is 14.5 Å². The van der Waals surface area contributed by atoms with Gasteiger partial charge in [0.15, 0.2) is 0 Å². The molecule has 1 aromatic heterocycles. The highest BCUT2D eigenvalue weighted by molar-refractivity contribution is 6.11. The molecule has 0 spiro atoms. The molecule has 0 fully saturated rings. The number of pyridine rings is 1. The van der Waals surface area contributed by atoms with Gasteiger partial charge in [-0.05, 0) is 46.9 Å². The summed E-state index contributed by atoms with van der Waals surface area (Å²) in [6.07, 6.45) is 1.72. The number of aryl methyl sites for hydroxylation is 1. The van der Waals surface area contributed by atoms with Gasteiger partial charge in [0.05, 0.1) is 18.6 Å². The number of anilines is 1. The van der Waals surface area contributed by atoms with Gasteiger partial charge in [0, 0.05) is 18.3 Å². The summed E-state index contributed by atoms with van der Waals surface area (Å²) < 4.78 is 0. The number of hydrogen-bond donors (Lipinski definition) is 2. The maximum atomic E-state index is 13.9. The molecule has 36 heavy (non-hydrogen) atoms. The zero-order valence-corrected chi connectivity index (χ0v) is 20.0. The number of carbonyl (C=O) groups excluding carboxylic acids is 2. The fourth-order valence-electron chi connectivity index (χ4n) is 4.73. The number of benzene rings is 3. The van der Waals surface area contributed by atoms with E-state index >= 15 is 0 Å². The largest absolute Gasteiger partial charge is 0.392 e. The zero-order chi connectivity index (χ0) is 25.1. The molecule has 2 N–H and O–H groups in total. The molecular weight excluding hydrogens is 450 g/mol. The Balaban J connectivity index is 1.63. The van der Waals surface area contributed by atoms with E-state index < -0.39 is 12.0 Å².